The van der Waals surface area contributed by atoms with Crippen LogP contribution in [0.25, 0.3) is 11.0 Å². The molecule has 9 nitrogen and oxygen atoms in total. The molecule has 2 fully saturated rings. The summed E-state index contributed by atoms with van der Waals surface area (Å²) in [5.41, 5.74) is 0.583. The number of aromatic amines is 1. The molecule has 0 atom stereocenters. The molecule has 0 spiro atoms. The van der Waals surface area contributed by atoms with Gasteiger partial charge < -0.3 is 14.8 Å². The number of H-pyrrole nitrogens is 1. The minimum Gasteiger partial charge on any atom is -0.356 e. The predicted molar refractivity (Wildman–Crippen MR) is 111 cm³/mol. The molecule has 0 aromatic carbocycles. The fraction of sp³-hybridized carbons (Fsp3) is 0.421. The van der Waals surface area contributed by atoms with E-state index < -0.39 is 10.0 Å². The van der Waals surface area contributed by atoms with Gasteiger partial charge >= 0.3 is 0 Å². The van der Waals surface area contributed by atoms with E-state index in [0.29, 0.717) is 37.2 Å². The monoisotopic (exact) mass is 413 g/mol. The molecule has 0 saturated carbocycles. The lowest BCUT2D eigenvalue weighted by Gasteiger charge is -2.34. The Morgan fingerprint density at radius 3 is 2.31 bits per heavy atom. The van der Waals surface area contributed by atoms with Crippen LogP contribution in [0.4, 0.5) is 11.6 Å². The van der Waals surface area contributed by atoms with Crippen LogP contribution in [0, 0.1) is 0 Å². The molecule has 10 heteroatoms. The molecule has 5 heterocycles. The third-order valence-corrected chi connectivity index (χ3v) is 7.60. The average Bonchev–Trinajstić information content (AvgIpc) is 3.44. The van der Waals surface area contributed by atoms with Crippen molar-refractivity contribution in [2.24, 2.45) is 0 Å². The van der Waals surface area contributed by atoms with E-state index in [1.165, 1.54) is 19.0 Å². The number of sulfonamides is 1. The first-order valence-electron chi connectivity index (χ1n) is 9.87. The third kappa shape index (κ3) is 3.32. The Morgan fingerprint density at radius 1 is 0.897 bits per heavy atom. The Bertz CT molecular complexity index is 1120. The minimum absolute atomic E-state index is 0.285. The van der Waals surface area contributed by atoms with E-state index in [4.69, 9.17) is 0 Å². The topological polar surface area (TPSA) is 98.3 Å². The summed E-state index contributed by atoms with van der Waals surface area (Å²) in [5.74, 6) is 1.81. The highest BCUT2D eigenvalue weighted by atomic mass is 32.2. The SMILES string of the molecule is O=S(=O)(c1c[nH]c2ncccc12)N1CCN(c2cc(N3CCCC3)ncn2)CC1. The largest absolute Gasteiger partial charge is 0.356 e. The molecule has 29 heavy (non-hydrogen) atoms. The Morgan fingerprint density at radius 2 is 1.59 bits per heavy atom. The van der Waals surface area contributed by atoms with Gasteiger partial charge in [0.2, 0.25) is 10.0 Å². The summed E-state index contributed by atoms with van der Waals surface area (Å²) in [5, 5.41) is 0.626. The molecule has 2 saturated heterocycles. The molecule has 5 rings (SSSR count). The van der Waals surface area contributed by atoms with Crippen molar-refractivity contribution in [3.8, 4) is 0 Å². The number of nitrogens with zero attached hydrogens (tertiary/aromatic N) is 6. The Balaban J connectivity index is 1.32. The first kappa shape index (κ1) is 18.3. The molecule has 0 bridgehead atoms. The van der Waals surface area contributed by atoms with Crippen molar-refractivity contribution >= 4 is 32.7 Å². The van der Waals surface area contributed by atoms with E-state index in [9.17, 15) is 8.42 Å². The number of piperazine rings is 1. The molecular weight excluding hydrogens is 390 g/mol. The minimum atomic E-state index is -3.58. The fourth-order valence-electron chi connectivity index (χ4n) is 4.07. The van der Waals surface area contributed by atoms with E-state index in [1.807, 2.05) is 6.07 Å². The molecular formula is C19H23N7O2S. The van der Waals surface area contributed by atoms with Gasteiger partial charge in [-0.25, -0.2) is 23.4 Å². The van der Waals surface area contributed by atoms with E-state index in [1.54, 1.807) is 29.0 Å². The summed E-state index contributed by atoms with van der Waals surface area (Å²) in [4.78, 5) is 20.7. The quantitative estimate of drug-likeness (QED) is 0.691. The Hall–Kier alpha value is -2.72. The van der Waals surface area contributed by atoms with Crippen LogP contribution in [0.1, 0.15) is 12.8 Å². The van der Waals surface area contributed by atoms with Gasteiger partial charge in [0, 0.05) is 63.1 Å². The number of anilines is 2. The maximum atomic E-state index is 13.2. The van der Waals surface area contributed by atoms with Gasteiger partial charge in [0.15, 0.2) is 0 Å². The Labute approximate surface area is 169 Å². The normalized spacial score (nSPS) is 18.6. The van der Waals surface area contributed by atoms with Crippen LogP contribution >= 0.6 is 0 Å². The number of fused-ring (bicyclic) bond motifs is 1. The number of hydrogen-bond acceptors (Lipinski definition) is 7. The zero-order valence-corrected chi connectivity index (χ0v) is 16.8. The highest BCUT2D eigenvalue weighted by Gasteiger charge is 2.31. The van der Waals surface area contributed by atoms with Crippen LogP contribution < -0.4 is 9.80 Å². The summed E-state index contributed by atoms with van der Waals surface area (Å²) in [6, 6.07) is 5.55. The molecule has 0 unspecified atom stereocenters. The van der Waals surface area contributed by atoms with E-state index in [2.05, 4.69) is 29.7 Å². The van der Waals surface area contributed by atoms with Gasteiger partial charge in [0.05, 0.1) is 0 Å². The van der Waals surface area contributed by atoms with Gasteiger partial charge in [-0.15, -0.1) is 0 Å². The van der Waals surface area contributed by atoms with Crippen LogP contribution in [0.15, 0.2) is 41.8 Å². The number of aromatic nitrogens is 4. The van der Waals surface area contributed by atoms with Gasteiger partial charge in [0.1, 0.15) is 28.5 Å². The maximum absolute atomic E-state index is 13.2. The maximum Gasteiger partial charge on any atom is 0.245 e. The molecule has 3 aromatic heterocycles. The summed E-state index contributed by atoms with van der Waals surface area (Å²) in [7, 11) is -3.58. The second-order valence-corrected chi connectivity index (χ2v) is 9.28. The summed E-state index contributed by atoms with van der Waals surface area (Å²) < 4.78 is 27.9. The molecule has 0 aliphatic carbocycles. The molecule has 3 aromatic rings. The van der Waals surface area contributed by atoms with E-state index in [-0.39, 0.29) is 4.90 Å². The van der Waals surface area contributed by atoms with Crippen LogP contribution in [0.3, 0.4) is 0 Å². The second kappa shape index (κ2) is 7.27. The van der Waals surface area contributed by atoms with Crippen molar-refractivity contribution in [2.75, 3.05) is 49.1 Å². The van der Waals surface area contributed by atoms with Gasteiger partial charge in [-0.2, -0.15) is 4.31 Å². The number of rotatable bonds is 4. The van der Waals surface area contributed by atoms with E-state index in [0.717, 1.165) is 24.7 Å². The lowest BCUT2D eigenvalue weighted by molar-refractivity contribution is 0.384. The van der Waals surface area contributed by atoms with Crippen LogP contribution in [0.5, 0.6) is 0 Å². The molecule has 152 valence electrons. The molecule has 2 aliphatic heterocycles. The first-order valence-corrected chi connectivity index (χ1v) is 11.3. The zero-order chi connectivity index (χ0) is 19.8. The van der Waals surface area contributed by atoms with Gasteiger partial charge in [-0.05, 0) is 25.0 Å². The average molecular weight is 414 g/mol. The van der Waals surface area contributed by atoms with Crippen molar-refractivity contribution < 1.29 is 8.42 Å². The Kier molecular flexibility index (Phi) is 4.59. The summed E-state index contributed by atoms with van der Waals surface area (Å²) in [6.45, 7) is 4.08. The smallest absolute Gasteiger partial charge is 0.245 e. The zero-order valence-electron chi connectivity index (χ0n) is 16.0. The van der Waals surface area contributed by atoms with Crippen molar-refractivity contribution in [1.82, 2.24) is 24.2 Å². The second-order valence-electron chi connectivity index (χ2n) is 7.37. The van der Waals surface area contributed by atoms with Crippen molar-refractivity contribution in [3.05, 3.63) is 36.9 Å². The molecule has 0 radical (unpaired) electrons. The fourth-order valence-corrected chi connectivity index (χ4v) is 5.64. The predicted octanol–water partition coefficient (Wildman–Crippen LogP) is 1.46. The highest BCUT2D eigenvalue weighted by Crippen LogP contribution is 2.27. The highest BCUT2D eigenvalue weighted by molar-refractivity contribution is 7.89. The number of nitrogens with one attached hydrogen (secondary N) is 1. The van der Waals surface area contributed by atoms with Gasteiger partial charge in [0.25, 0.3) is 0 Å². The number of hydrogen-bond donors (Lipinski definition) is 1. The third-order valence-electron chi connectivity index (χ3n) is 5.66. The molecule has 1 N–H and O–H groups in total. The van der Waals surface area contributed by atoms with Crippen LogP contribution in [-0.4, -0.2) is 71.9 Å². The molecule has 0 amide bonds. The molecule has 2 aliphatic rings. The summed E-state index contributed by atoms with van der Waals surface area (Å²) in [6.07, 6.45) is 7.17. The standard InChI is InChI=1S/C19H23N7O2S/c27-29(28,16-13-21-19-15(16)4-3-5-20-19)26-10-8-25(9-11-26)18-12-17(22-14-23-18)24-6-1-2-7-24/h3-5,12-14H,1-2,6-11H2,(H,20,21). The lowest BCUT2D eigenvalue weighted by Crippen LogP contribution is -2.48. The first-order chi connectivity index (χ1) is 14.1. The van der Waals surface area contributed by atoms with Crippen LogP contribution in [0.2, 0.25) is 0 Å². The van der Waals surface area contributed by atoms with Gasteiger partial charge in [-0.1, -0.05) is 0 Å². The lowest BCUT2D eigenvalue weighted by atomic mass is 10.3. The van der Waals surface area contributed by atoms with Crippen molar-refractivity contribution in [2.45, 2.75) is 17.7 Å². The van der Waals surface area contributed by atoms with Gasteiger partial charge in [-0.3, -0.25) is 0 Å². The van der Waals surface area contributed by atoms with Crippen molar-refractivity contribution in [1.29, 1.82) is 0 Å². The van der Waals surface area contributed by atoms with Crippen molar-refractivity contribution in [3.63, 3.8) is 0 Å². The van der Waals surface area contributed by atoms with E-state index >= 15 is 0 Å². The van der Waals surface area contributed by atoms with Crippen LogP contribution in [-0.2, 0) is 10.0 Å². The number of pyridine rings is 1. The summed E-state index contributed by atoms with van der Waals surface area (Å²) >= 11 is 0.